The van der Waals surface area contributed by atoms with E-state index in [0.717, 1.165) is 31.7 Å². The van der Waals surface area contributed by atoms with E-state index in [-0.39, 0.29) is 34.3 Å². The fourth-order valence-electron chi connectivity index (χ4n) is 3.56. The van der Waals surface area contributed by atoms with Gasteiger partial charge in [0.05, 0.1) is 0 Å². The van der Waals surface area contributed by atoms with Crippen LogP contribution in [0.3, 0.4) is 0 Å². The molecule has 1 aromatic heterocycles. The van der Waals surface area contributed by atoms with Crippen LogP contribution < -0.4 is 5.73 Å². The molecule has 2 heterocycles. The molecule has 0 bridgehead atoms. The molecule has 2 aliphatic rings. The Hall–Kier alpha value is -0.740. The van der Waals surface area contributed by atoms with E-state index in [1.807, 2.05) is 0 Å². The van der Waals surface area contributed by atoms with Crippen LogP contribution >= 0.6 is 12.4 Å². The van der Waals surface area contributed by atoms with Crippen LogP contribution in [-0.2, 0) is 19.9 Å². The highest BCUT2D eigenvalue weighted by molar-refractivity contribution is 7.90. The molecular weight excluding hydrogens is 374 g/mol. The normalized spacial score (nSPS) is 28.2. The maximum Gasteiger partial charge on any atom is 0.244 e. The first-order chi connectivity index (χ1) is 10.7. The number of halogens is 1. The van der Waals surface area contributed by atoms with Crippen molar-refractivity contribution in [1.29, 1.82) is 0 Å². The molecule has 2 fully saturated rings. The van der Waals surface area contributed by atoms with E-state index in [0.29, 0.717) is 19.0 Å². The van der Waals surface area contributed by atoms with Crippen molar-refractivity contribution in [1.82, 2.24) is 9.29 Å². The SMILES string of the molecule is CS(=O)(=O)c1ccc(S(=O)(=O)N2CC3CCCC(N)C3C2)cn1.Cl. The van der Waals surface area contributed by atoms with Gasteiger partial charge in [-0.2, -0.15) is 4.31 Å². The molecule has 0 radical (unpaired) electrons. The van der Waals surface area contributed by atoms with Crippen LogP contribution in [0.2, 0.25) is 0 Å². The topological polar surface area (TPSA) is 110 Å². The van der Waals surface area contributed by atoms with E-state index in [1.165, 1.54) is 16.4 Å². The zero-order chi connectivity index (χ0) is 16.8. The molecule has 1 saturated carbocycles. The summed E-state index contributed by atoms with van der Waals surface area (Å²) in [5, 5.41) is -0.131. The third kappa shape index (κ3) is 3.60. The zero-order valence-electron chi connectivity index (χ0n) is 13.3. The summed E-state index contributed by atoms with van der Waals surface area (Å²) in [5.41, 5.74) is 6.13. The summed E-state index contributed by atoms with van der Waals surface area (Å²) in [5.74, 6) is 0.526. The number of fused-ring (bicyclic) bond motifs is 1. The molecule has 3 rings (SSSR count). The van der Waals surface area contributed by atoms with Gasteiger partial charge in [-0.25, -0.2) is 21.8 Å². The van der Waals surface area contributed by atoms with Crippen molar-refractivity contribution in [2.24, 2.45) is 17.6 Å². The largest absolute Gasteiger partial charge is 0.327 e. The van der Waals surface area contributed by atoms with Crippen LogP contribution in [0.25, 0.3) is 0 Å². The second-order valence-corrected chi connectivity index (χ2v) is 10.3. The molecule has 3 unspecified atom stereocenters. The van der Waals surface area contributed by atoms with Gasteiger partial charge in [0.15, 0.2) is 14.9 Å². The van der Waals surface area contributed by atoms with E-state index in [4.69, 9.17) is 5.73 Å². The lowest BCUT2D eigenvalue weighted by atomic mass is 9.78. The van der Waals surface area contributed by atoms with Crippen LogP contribution in [-0.4, -0.2) is 51.5 Å². The lowest BCUT2D eigenvalue weighted by Crippen LogP contribution is -2.38. The van der Waals surface area contributed by atoms with Crippen molar-refractivity contribution < 1.29 is 16.8 Å². The van der Waals surface area contributed by atoms with Crippen LogP contribution in [0.1, 0.15) is 19.3 Å². The Morgan fingerprint density at radius 3 is 2.42 bits per heavy atom. The summed E-state index contributed by atoms with van der Waals surface area (Å²) < 4.78 is 49.8. The van der Waals surface area contributed by atoms with E-state index < -0.39 is 19.9 Å². The number of sulfone groups is 1. The second-order valence-electron chi connectivity index (χ2n) is 6.45. The minimum atomic E-state index is -3.66. The number of aromatic nitrogens is 1. The van der Waals surface area contributed by atoms with Gasteiger partial charge in [-0.15, -0.1) is 12.4 Å². The average Bonchev–Trinajstić information content (AvgIpc) is 2.93. The standard InChI is InChI=1S/C14H21N3O4S2.ClH/c1-22(18,19)14-6-5-11(7-16-14)23(20,21)17-8-10-3-2-4-13(15)12(10)9-17;/h5-7,10,12-13H,2-4,8-9,15H2,1H3;1H. The molecular formula is C14H22ClN3O4S2. The fourth-order valence-corrected chi connectivity index (χ4v) is 5.60. The Balaban J connectivity index is 0.00000208. The Morgan fingerprint density at radius 1 is 1.17 bits per heavy atom. The molecule has 0 amide bonds. The molecule has 24 heavy (non-hydrogen) atoms. The van der Waals surface area contributed by atoms with Crippen LogP contribution in [0.5, 0.6) is 0 Å². The molecule has 7 nitrogen and oxygen atoms in total. The predicted octanol–water partition coefficient (Wildman–Crippen LogP) is 0.655. The van der Waals surface area contributed by atoms with Gasteiger partial charge >= 0.3 is 0 Å². The van der Waals surface area contributed by atoms with Gasteiger partial charge in [0.1, 0.15) is 4.90 Å². The van der Waals surface area contributed by atoms with Gasteiger partial charge in [0.25, 0.3) is 0 Å². The highest BCUT2D eigenvalue weighted by Gasteiger charge is 2.43. The van der Waals surface area contributed by atoms with Gasteiger partial charge in [-0.1, -0.05) is 6.42 Å². The molecule has 10 heteroatoms. The van der Waals surface area contributed by atoms with Crippen molar-refractivity contribution in [3.63, 3.8) is 0 Å². The number of sulfonamides is 1. The summed E-state index contributed by atoms with van der Waals surface area (Å²) in [6, 6.07) is 2.59. The summed E-state index contributed by atoms with van der Waals surface area (Å²) in [4.78, 5) is 3.80. The molecule has 0 spiro atoms. The summed E-state index contributed by atoms with van der Waals surface area (Å²) >= 11 is 0. The average molecular weight is 396 g/mol. The summed E-state index contributed by atoms with van der Waals surface area (Å²) in [6.07, 6.45) is 5.15. The lowest BCUT2D eigenvalue weighted by molar-refractivity contribution is 0.260. The molecule has 3 atom stereocenters. The summed E-state index contributed by atoms with van der Waals surface area (Å²) in [6.45, 7) is 0.913. The first kappa shape index (κ1) is 19.6. The van der Waals surface area contributed by atoms with Gasteiger partial charge in [-0.05, 0) is 36.8 Å². The van der Waals surface area contributed by atoms with Crippen molar-refractivity contribution in [2.75, 3.05) is 19.3 Å². The molecule has 1 aliphatic carbocycles. The minimum absolute atomic E-state index is 0. The van der Waals surface area contributed by atoms with Crippen LogP contribution in [0, 0.1) is 11.8 Å². The quantitative estimate of drug-likeness (QED) is 0.804. The summed E-state index contributed by atoms with van der Waals surface area (Å²) in [7, 11) is -7.11. The number of hydrogen-bond donors (Lipinski definition) is 1. The van der Waals surface area contributed by atoms with E-state index in [2.05, 4.69) is 4.98 Å². The van der Waals surface area contributed by atoms with E-state index in [9.17, 15) is 16.8 Å². The van der Waals surface area contributed by atoms with Crippen molar-refractivity contribution >= 4 is 32.3 Å². The third-order valence-corrected chi connectivity index (χ3v) is 7.66. The Labute approximate surface area is 149 Å². The first-order valence-corrected chi connectivity index (χ1v) is 10.9. The molecule has 2 N–H and O–H groups in total. The van der Waals surface area contributed by atoms with Gasteiger partial charge in [0.2, 0.25) is 10.0 Å². The smallest absolute Gasteiger partial charge is 0.244 e. The van der Waals surface area contributed by atoms with Gasteiger partial charge in [0, 0.05) is 31.6 Å². The molecule has 1 aliphatic heterocycles. The Kier molecular flexibility index (Phi) is 5.61. The highest BCUT2D eigenvalue weighted by atomic mass is 35.5. The van der Waals surface area contributed by atoms with Gasteiger partial charge < -0.3 is 5.73 Å². The monoisotopic (exact) mass is 395 g/mol. The van der Waals surface area contributed by atoms with Crippen molar-refractivity contribution in [2.45, 2.75) is 35.2 Å². The van der Waals surface area contributed by atoms with E-state index >= 15 is 0 Å². The first-order valence-electron chi connectivity index (χ1n) is 7.61. The van der Waals surface area contributed by atoms with Crippen LogP contribution in [0.15, 0.2) is 28.3 Å². The second kappa shape index (κ2) is 6.87. The predicted molar refractivity (Wildman–Crippen MR) is 92.2 cm³/mol. The Bertz CT molecular complexity index is 796. The minimum Gasteiger partial charge on any atom is -0.327 e. The Morgan fingerprint density at radius 2 is 1.88 bits per heavy atom. The van der Waals surface area contributed by atoms with Crippen molar-refractivity contribution in [3.05, 3.63) is 18.3 Å². The van der Waals surface area contributed by atoms with Gasteiger partial charge in [-0.3, -0.25) is 0 Å². The number of hydrogen-bond acceptors (Lipinski definition) is 6. The lowest BCUT2D eigenvalue weighted by Gasteiger charge is -2.29. The zero-order valence-corrected chi connectivity index (χ0v) is 15.8. The maximum atomic E-state index is 12.7. The molecule has 1 saturated heterocycles. The third-order valence-electron chi connectivity index (χ3n) is 4.85. The number of nitrogens with zero attached hydrogens (tertiary/aromatic N) is 2. The maximum absolute atomic E-state index is 12.7. The highest BCUT2D eigenvalue weighted by Crippen LogP contribution is 2.37. The number of rotatable bonds is 3. The number of nitrogens with two attached hydrogens (primary N) is 1. The van der Waals surface area contributed by atoms with Crippen LogP contribution in [0.4, 0.5) is 0 Å². The molecule has 136 valence electrons. The molecule has 0 aromatic carbocycles. The fraction of sp³-hybridized carbons (Fsp3) is 0.643. The van der Waals surface area contributed by atoms with E-state index in [1.54, 1.807) is 0 Å². The van der Waals surface area contributed by atoms with Crippen molar-refractivity contribution in [3.8, 4) is 0 Å². The number of pyridine rings is 1. The molecule has 1 aromatic rings.